The number of piperidine rings is 1. The van der Waals surface area contributed by atoms with Gasteiger partial charge < -0.3 is 9.47 Å². The van der Waals surface area contributed by atoms with E-state index in [1.54, 1.807) is 24.3 Å². The Morgan fingerprint density at radius 2 is 1.87 bits per heavy atom. The molecule has 1 aliphatic carbocycles. The minimum absolute atomic E-state index is 0.104. The van der Waals surface area contributed by atoms with E-state index in [1.165, 1.54) is 24.8 Å². The van der Waals surface area contributed by atoms with E-state index in [1.807, 2.05) is 21.7 Å². The van der Waals surface area contributed by atoms with Crippen LogP contribution in [0.1, 0.15) is 37.8 Å². The zero-order chi connectivity index (χ0) is 21.1. The molecule has 0 radical (unpaired) electrons. The minimum Gasteiger partial charge on any atom is -0.341 e. The minimum atomic E-state index is -0.399. The van der Waals surface area contributed by atoms with Gasteiger partial charge in [0.1, 0.15) is 11.8 Å². The summed E-state index contributed by atoms with van der Waals surface area (Å²) in [5.41, 5.74) is 1.11. The summed E-state index contributed by atoms with van der Waals surface area (Å²) in [5.74, 6) is 0.104. The number of hydrogen-bond acceptors (Lipinski definition) is 4. The van der Waals surface area contributed by atoms with Gasteiger partial charge in [-0.3, -0.25) is 4.79 Å². The van der Waals surface area contributed by atoms with Crippen molar-refractivity contribution in [2.45, 2.75) is 49.6 Å². The number of nitrogens with zero attached hydrogens (tertiary/aromatic N) is 3. The third-order valence-corrected chi connectivity index (χ3v) is 8.12. The molecule has 2 aromatic rings. The molecule has 4 rings (SSSR count). The number of nitrogens with one attached hydrogen (secondary N) is 1. The van der Waals surface area contributed by atoms with E-state index < -0.39 is 6.04 Å². The maximum atomic E-state index is 13.3. The van der Waals surface area contributed by atoms with Crippen LogP contribution < -0.4 is 4.72 Å². The van der Waals surface area contributed by atoms with Crippen LogP contribution in [-0.4, -0.2) is 34.5 Å². The predicted octanol–water partition coefficient (Wildman–Crippen LogP) is 5.12. The van der Waals surface area contributed by atoms with E-state index in [0.29, 0.717) is 39.0 Å². The molecule has 1 aromatic heterocycles. The lowest BCUT2D eigenvalue weighted by molar-refractivity contribution is -0.134. The molecule has 1 amide bonds. The molecule has 2 fully saturated rings. The predicted molar refractivity (Wildman–Crippen MR) is 120 cm³/mol. The van der Waals surface area contributed by atoms with Gasteiger partial charge in [0.15, 0.2) is 0 Å². The molecule has 1 saturated heterocycles. The average molecular weight is 463 g/mol. The number of carbonyl (C=O) groups is 1. The molecule has 1 spiro atoms. The lowest BCUT2D eigenvalue weighted by Crippen LogP contribution is -2.48. The van der Waals surface area contributed by atoms with Crippen LogP contribution in [0.15, 0.2) is 41.4 Å². The Morgan fingerprint density at radius 1 is 1.17 bits per heavy atom. The van der Waals surface area contributed by atoms with Crippen LogP contribution in [0.3, 0.4) is 0 Å². The molecule has 1 aromatic carbocycles. The summed E-state index contributed by atoms with van der Waals surface area (Å²) >= 11 is 13.9. The van der Waals surface area contributed by atoms with E-state index in [0.717, 1.165) is 25.9 Å². The second kappa shape index (κ2) is 9.23. The van der Waals surface area contributed by atoms with Crippen LogP contribution in [0, 0.1) is 16.7 Å². The summed E-state index contributed by atoms with van der Waals surface area (Å²) in [5, 5.41) is 10.4. The van der Waals surface area contributed by atoms with Gasteiger partial charge >= 0.3 is 0 Å². The first kappa shape index (κ1) is 21.6. The van der Waals surface area contributed by atoms with Gasteiger partial charge in [-0.25, -0.2) is 4.72 Å². The van der Waals surface area contributed by atoms with Crippen LogP contribution in [0.4, 0.5) is 0 Å². The lowest BCUT2D eigenvalue weighted by atomic mass is 9.93. The maximum absolute atomic E-state index is 13.3. The van der Waals surface area contributed by atoms with E-state index in [9.17, 15) is 10.1 Å². The number of amides is 1. The van der Waals surface area contributed by atoms with Crippen LogP contribution in [-0.2, 0) is 11.3 Å². The molecular weight excluding hydrogens is 439 g/mol. The summed E-state index contributed by atoms with van der Waals surface area (Å²) in [7, 11) is 0. The van der Waals surface area contributed by atoms with E-state index in [2.05, 4.69) is 10.8 Å². The Hall–Kier alpha value is -1.65. The van der Waals surface area contributed by atoms with Crippen LogP contribution in [0.2, 0.25) is 10.0 Å². The number of halogens is 2. The number of rotatable bonds is 7. The summed E-state index contributed by atoms with van der Waals surface area (Å²) in [4.78, 5) is 16.0. The first-order valence-corrected chi connectivity index (χ1v) is 11.8. The summed E-state index contributed by atoms with van der Waals surface area (Å²) < 4.78 is 5.19. The van der Waals surface area contributed by atoms with Crippen molar-refractivity contribution >= 4 is 41.1 Å². The highest BCUT2D eigenvalue weighted by Gasteiger charge is 2.45. The van der Waals surface area contributed by atoms with Crippen molar-refractivity contribution < 1.29 is 4.79 Å². The fraction of sp³-hybridized carbons (Fsp3) is 0.455. The normalized spacial score (nSPS) is 18.2. The fourth-order valence-electron chi connectivity index (χ4n) is 4.02. The molecule has 1 atom stereocenters. The SMILES string of the molecule is N#Cc1cccn1CCC(NSc1c(Cl)cccc1Cl)C(=O)N1CCC2(CC1)CC2. The maximum Gasteiger partial charge on any atom is 0.240 e. The molecule has 1 unspecified atom stereocenters. The molecule has 2 heterocycles. The van der Waals surface area contributed by atoms with Gasteiger partial charge in [0.25, 0.3) is 0 Å². The van der Waals surface area contributed by atoms with Crippen LogP contribution in [0.5, 0.6) is 0 Å². The smallest absolute Gasteiger partial charge is 0.240 e. The first-order valence-electron chi connectivity index (χ1n) is 10.2. The summed E-state index contributed by atoms with van der Waals surface area (Å²) in [6.45, 7) is 2.22. The van der Waals surface area contributed by atoms with E-state index >= 15 is 0 Å². The van der Waals surface area contributed by atoms with Crippen molar-refractivity contribution in [3.05, 3.63) is 52.3 Å². The number of carbonyl (C=O) groups excluding carboxylic acids is 1. The number of aromatic nitrogens is 1. The zero-order valence-corrected chi connectivity index (χ0v) is 18.9. The Balaban J connectivity index is 1.45. The number of likely N-dealkylation sites (tertiary alicyclic amines) is 1. The highest BCUT2D eigenvalue weighted by atomic mass is 35.5. The molecule has 1 N–H and O–H groups in total. The third-order valence-electron chi connectivity index (χ3n) is 6.22. The fourth-order valence-corrected chi connectivity index (χ4v) is 5.46. The summed E-state index contributed by atoms with van der Waals surface area (Å²) in [6.07, 6.45) is 7.26. The Labute approximate surface area is 191 Å². The Bertz CT molecular complexity index is 936. The van der Waals surface area contributed by atoms with E-state index in [-0.39, 0.29) is 5.91 Å². The second-order valence-electron chi connectivity index (χ2n) is 8.14. The van der Waals surface area contributed by atoms with Crippen molar-refractivity contribution in [1.29, 1.82) is 5.26 Å². The largest absolute Gasteiger partial charge is 0.341 e. The highest BCUT2D eigenvalue weighted by molar-refractivity contribution is 7.97. The van der Waals surface area contributed by atoms with Crippen molar-refractivity contribution in [3.8, 4) is 6.07 Å². The van der Waals surface area contributed by atoms with Crippen LogP contribution >= 0.6 is 35.1 Å². The number of aryl methyl sites for hydroxylation is 1. The van der Waals surface area contributed by atoms with Crippen molar-refractivity contribution in [2.24, 2.45) is 5.41 Å². The third kappa shape index (κ3) is 4.81. The molecule has 8 heteroatoms. The Kier molecular flexibility index (Phi) is 6.64. The van der Waals surface area contributed by atoms with Crippen molar-refractivity contribution in [3.63, 3.8) is 0 Å². The topological polar surface area (TPSA) is 61.1 Å². The average Bonchev–Trinajstić information content (AvgIpc) is 3.33. The number of nitriles is 1. The zero-order valence-electron chi connectivity index (χ0n) is 16.6. The molecule has 30 heavy (non-hydrogen) atoms. The van der Waals surface area contributed by atoms with Gasteiger partial charge in [-0.05, 0) is 73.7 Å². The molecular formula is C22H24Cl2N4OS. The van der Waals surface area contributed by atoms with Crippen molar-refractivity contribution in [2.75, 3.05) is 13.1 Å². The monoisotopic (exact) mass is 462 g/mol. The van der Waals surface area contributed by atoms with Crippen molar-refractivity contribution in [1.82, 2.24) is 14.2 Å². The number of hydrogen-bond donors (Lipinski definition) is 1. The molecule has 5 nitrogen and oxygen atoms in total. The standard InChI is InChI=1S/C22H24Cl2N4OS/c23-17-4-1-5-18(24)20(17)30-26-19(6-12-27-11-2-3-16(27)15-25)21(29)28-13-9-22(7-8-22)10-14-28/h1-5,11,19,26H,6-10,12-14H2. The molecule has 0 bridgehead atoms. The molecule has 2 aliphatic rings. The van der Waals surface area contributed by atoms with Gasteiger partial charge in [0.2, 0.25) is 5.91 Å². The van der Waals surface area contributed by atoms with Gasteiger partial charge in [-0.1, -0.05) is 29.3 Å². The highest BCUT2D eigenvalue weighted by Crippen LogP contribution is 2.53. The van der Waals surface area contributed by atoms with Crippen LogP contribution in [0.25, 0.3) is 0 Å². The van der Waals surface area contributed by atoms with Gasteiger partial charge in [0.05, 0.1) is 21.0 Å². The molecule has 1 saturated carbocycles. The molecule has 1 aliphatic heterocycles. The Morgan fingerprint density at radius 3 is 2.50 bits per heavy atom. The number of benzene rings is 1. The molecule has 158 valence electrons. The van der Waals surface area contributed by atoms with Gasteiger partial charge in [-0.15, -0.1) is 0 Å². The second-order valence-corrected chi connectivity index (χ2v) is 9.80. The quantitative estimate of drug-likeness (QED) is 0.579. The van der Waals surface area contributed by atoms with Gasteiger partial charge in [0, 0.05) is 25.8 Å². The lowest BCUT2D eigenvalue weighted by Gasteiger charge is -2.34. The first-order chi connectivity index (χ1) is 14.5. The summed E-state index contributed by atoms with van der Waals surface area (Å²) in [6, 6.07) is 10.8. The van der Waals surface area contributed by atoms with Gasteiger partial charge in [-0.2, -0.15) is 5.26 Å². The van der Waals surface area contributed by atoms with E-state index in [4.69, 9.17) is 23.2 Å².